The second-order valence-corrected chi connectivity index (χ2v) is 6.28. The molecule has 3 rings (SSSR count). The van der Waals surface area contributed by atoms with Gasteiger partial charge in [0, 0.05) is 7.11 Å². The highest BCUT2D eigenvalue weighted by Crippen LogP contribution is 2.31. The first-order valence-corrected chi connectivity index (χ1v) is 8.25. The monoisotopic (exact) mass is 339 g/mol. The molecule has 3 aliphatic heterocycles. The number of rotatable bonds is 6. The van der Waals surface area contributed by atoms with E-state index in [2.05, 4.69) is 21.9 Å². The fraction of sp³-hybridized carbons (Fsp3) is 0.800. The lowest BCUT2D eigenvalue weighted by Gasteiger charge is -2.33. The minimum absolute atomic E-state index is 0.287. The van der Waals surface area contributed by atoms with Crippen molar-refractivity contribution in [3.8, 4) is 0 Å². The Kier molecular flexibility index (Phi) is 4.97. The average molecular weight is 339 g/mol. The standard InChI is InChI=1S/C15H25N5O4/c1-3-4-5-15(16)12-13(17-7-19-15)20(8-18-12)14-11(23-2)10(22)9(6-21)24-14/h7,9-11,14,21-22H,3-6,8,16H2,1-2H3/t9-,10-,11-,14-,15?/m1/s1. The molecule has 0 aromatic heterocycles. The van der Waals surface area contributed by atoms with Gasteiger partial charge in [0.2, 0.25) is 0 Å². The summed E-state index contributed by atoms with van der Waals surface area (Å²) in [6, 6.07) is 0. The molecule has 134 valence electrons. The maximum Gasteiger partial charge on any atom is 0.162 e. The quantitative estimate of drug-likeness (QED) is 0.575. The van der Waals surface area contributed by atoms with Crippen LogP contribution in [0.4, 0.5) is 0 Å². The van der Waals surface area contributed by atoms with E-state index in [0.717, 1.165) is 12.8 Å². The van der Waals surface area contributed by atoms with Gasteiger partial charge in [-0.1, -0.05) is 13.3 Å². The van der Waals surface area contributed by atoms with E-state index in [-0.39, 0.29) is 6.61 Å². The number of hydrogen-bond acceptors (Lipinski definition) is 9. The third-order valence-electron chi connectivity index (χ3n) is 4.73. The zero-order chi connectivity index (χ0) is 17.3. The van der Waals surface area contributed by atoms with Crippen molar-refractivity contribution in [3.05, 3.63) is 0 Å². The molecule has 4 N–H and O–H groups in total. The van der Waals surface area contributed by atoms with Gasteiger partial charge in [-0.2, -0.15) is 0 Å². The van der Waals surface area contributed by atoms with Gasteiger partial charge in [0.25, 0.3) is 0 Å². The predicted octanol–water partition coefficient (Wildman–Crippen LogP) is -0.921. The van der Waals surface area contributed by atoms with E-state index in [0.29, 0.717) is 24.6 Å². The van der Waals surface area contributed by atoms with Gasteiger partial charge in [0.15, 0.2) is 17.7 Å². The van der Waals surface area contributed by atoms with Gasteiger partial charge in [-0.15, -0.1) is 0 Å². The molecular weight excluding hydrogens is 314 g/mol. The molecule has 0 aromatic rings. The maximum absolute atomic E-state index is 10.2. The number of amidine groups is 1. The lowest BCUT2D eigenvalue weighted by atomic mass is 9.96. The van der Waals surface area contributed by atoms with Gasteiger partial charge in [-0.05, 0) is 12.8 Å². The molecule has 9 heteroatoms. The van der Waals surface area contributed by atoms with Crippen molar-refractivity contribution in [1.29, 1.82) is 0 Å². The van der Waals surface area contributed by atoms with Gasteiger partial charge in [-0.3, -0.25) is 4.99 Å². The van der Waals surface area contributed by atoms with Crippen LogP contribution in [0.15, 0.2) is 15.0 Å². The average Bonchev–Trinajstić information content (AvgIpc) is 3.14. The number of aliphatic hydroxyl groups excluding tert-OH is 2. The molecule has 0 aliphatic carbocycles. The van der Waals surface area contributed by atoms with Crippen LogP contribution in [0.5, 0.6) is 0 Å². The summed E-state index contributed by atoms with van der Waals surface area (Å²) in [5.74, 6) is 0.599. The highest BCUT2D eigenvalue weighted by Gasteiger charge is 2.51. The summed E-state index contributed by atoms with van der Waals surface area (Å²) in [4.78, 5) is 15.0. The molecule has 1 saturated heterocycles. The van der Waals surface area contributed by atoms with Gasteiger partial charge < -0.3 is 30.3 Å². The maximum atomic E-state index is 10.2. The molecule has 3 aliphatic rings. The van der Waals surface area contributed by atoms with E-state index in [1.54, 1.807) is 4.90 Å². The van der Waals surface area contributed by atoms with Crippen LogP contribution < -0.4 is 5.73 Å². The Bertz CT molecular complexity index is 566. The molecule has 0 spiro atoms. The van der Waals surface area contributed by atoms with Crippen LogP contribution in [-0.4, -0.2) is 83.6 Å². The van der Waals surface area contributed by atoms with Crippen molar-refractivity contribution >= 4 is 17.9 Å². The van der Waals surface area contributed by atoms with Crippen molar-refractivity contribution in [2.45, 2.75) is 56.4 Å². The van der Waals surface area contributed by atoms with E-state index in [9.17, 15) is 10.2 Å². The van der Waals surface area contributed by atoms with Crippen molar-refractivity contribution in [3.63, 3.8) is 0 Å². The van der Waals surface area contributed by atoms with Gasteiger partial charge in [0.1, 0.15) is 37.0 Å². The number of aliphatic hydroxyl groups is 2. The van der Waals surface area contributed by atoms with Crippen LogP contribution >= 0.6 is 0 Å². The number of nitrogens with zero attached hydrogens (tertiary/aromatic N) is 4. The van der Waals surface area contributed by atoms with E-state index < -0.39 is 30.2 Å². The Balaban J connectivity index is 1.81. The van der Waals surface area contributed by atoms with E-state index >= 15 is 0 Å². The van der Waals surface area contributed by atoms with Crippen LogP contribution in [0.2, 0.25) is 0 Å². The summed E-state index contributed by atoms with van der Waals surface area (Å²) in [6.07, 6.45) is 1.27. The molecule has 0 aromatic carbocycles. The highest BCUT2D eigenvalue weighted by molar-refractivity contribution is 6.47. The second kappa shape index (κ2) is 6.85. The Morgan fingerprint density at radius 2 is 2.33 bits per heavy atom. The second-order valence-electron chi connectivity index (χ2n) is 6.28. The smallest absolute Gasteiger partial charge is 0.162 e. The third-order valence-corrected chi connectivity index (χ3v) is 4.73. The molecule has 1 fully saturated rings. The number of nitrogens with two attached hydrogens (primary N) is 1. The molecule has 9 nitrogen and oxygen atoms in total. The first kappa shape index (κ1) is 17.4. The van der Waals surface area contributed by atoms with Crippen molar-refractivity contribution in [1.82, 2.24) is 4.90 Å². The van der Waals surface area contributed by atoms with Crippen molar-refractivity contribution < 1.29 is 19.7 Å². The Morgan fingerprint density at radius 1 is 1.54 bits per heavy atom. The largest absolute Gasteiger partial charge is 0.394 e. The highest BCUT2D eigenvalue weighted by atomic mass is 16.6. The van der Waals surface area contributed by atoms with Crippen LogP contribution in [0, 0.1) is 0 Å². The van der Waals surface area contributed by atoms with E-state index in [1.807, 2.05) is 0 Å². The topological polar surface area (TPSA) is 125 Å². The number of unbranched alkanes of at least 4 members (excludes halogenated alkanes) is 1. The lowest BCUT2D eigenvalue weighted by Crippen LogP contribution is -2.55. The lowest BCUT2D eigenvalue weighted by molar-refractivity contribution is -0.0765. The first-order valence-electron chi connectivity index (χ1n) is 8.25. The first-order chi connectivity index (χ1) is 11.6. The minimum atomic E-state index is -0.922. The molecule has 5 atom stereocenters. The molecule has 0 saturated carbocycles. The Labute approximate surface area is 140 Å². The number of methoxy groups -OCH3 is 1. The summed E-state index contributed by atoms with van der Waals surface area (Å²) >= 11 is 0. The number of hydrogen-bond donors (Lipinski definition) is 3. The summed E-state index contributed by atoms with van der Waals surface area (Å²) in [6.45, 7) is 2.11. The summed E-state index contributed by atoms with van der Waals surface area (Å²) < 4.78 is 11.1. The predicted molar refractivity (Wildman–Crippen MR) is 89.1 cm³/mol. The van der Waals surface area contributed by atoms with Crippen LogP contribution in [0.3, 0.4) is 0 Å². The Hall–Kier alpha value is -1.39. The van der Waals surface area contributed by atoms with Crippen LogP contribution in [0.25, 0.3) is 0 Å². The molecular formula is C15H25N5O4. The molecule has 3 heterocycles. The summed E-state index contributed by atoms with van der Waals surface area (Å²) in [7, 11) is 1.50. The molecule has 1 unspecified atom stereocenters. The van der Waals surface area contributed by atoms with Crippen LogP contribution in [0.1, 0.15) is 26.2 Å². The number of aliphatic imine (C=N–C) groups is 3. The third kappa shape index (κ3) is 2.76. The zero-order valence-electron chi connectivity index (χ0n) is 14.0. The Morgan fingerprint density at radius 3 is 3.00 bits per heavy atom. The summed E-state index contributed by atoms with van der Waals surface area (Å²) in [5, 5.41) is 19.6. The van der Waals surface area contributed by atoms with E-state index in [1.165, 1.54) is 13.4 Å². The molecule has 24 heavy (non-hydrogen) atoms. The van der Waals surface area contributed by atoms with Gasteiger partial charge in [-0.25, -0.2) is 9.98 Å². The van der Waals surface area contributed by atoms with Gasteiger partial charge in [0.05, 0.1) is 6.61 Å². The molecule has 0 amide bonds. The fourth-order valence-corrected chi connectivity index (χ4v) is 3.34. The van der Waals surface area contributed by atoms with E-state index in [4.69, 9.17) is 15.2 Å². The normalized spacial score (nSPS) is 38.3. The minimum Gasteiger partial charge on any atom is -0.394 e. The zero-order valence-corrected chi connectivity index (χ0v) is 14.0. The van der Waals surface area contributed by atoms with Crippen molar-refractivity contribution in [2.75, 3.05) is 20.4 Å². The molecule has 0 radical (unpaired) electrons. The van der Waals surface area contributed by atoms with Crippen molar-refractivity contribution in [2.24, 2.45) is 20.7 Å². The fourth-order valence-electron chi connectivity index (χ4n) is 3.34. The summed E-state index contributed by atoms with van der Waals surface area (Å²) in [5.41, 5.74) is 6.20. The SMILES string of the molecule is CCCCC1(N)N=CN=C2C1=NCN2[C@@H]1O[C@H](CO)[C@@H](O)[C@H]1OC. The number of fused-ring (bicyclic) bond motifs is 1. The number of ether oxygens (including phenoxy) is 2. The van der Waals surface area contributed by atoms with Gasteiger partial charge >= 0.3 is 0 Å². The van der Waals surface area contributed by atoms with Crippen LogP contribution in [-0.2, 0) is 9.47 Å². The molecule has 0 bridgehead atoms.